The summed E-state index contributed by atoms with van der Waals surface area (Å²) in [6.45, 7) is 9.49. The summed E-state index contributed by atoms with van der Waals surface area (Å²) in [7, 11) is 2.05. The molecule has 0 saturated carbocycles. The molecule has 3 heteroatoms. The number of likely N-dealkylation sites (N-methyl/N-ethyl adjacent to an activating group) is 1. The minimum absolute atomic E-state index is 0.398. The van der Waals surface area contributed by atoms with E-state index in [9.17, 15) is 0 Å². The molecular formula is C17H28N2O. The third kappa shape index (κ3) is 4.30. The Morgan fingerprint density at radius 1 is 1.10 bits per heavy atom. The minimum Gasteiger partial charge on any atom is -0.380 e. The molecule has 20 heavy (non-hydrogen) atoms. The second-order valence-electron chi connectivity index (χ2n) is 5.93. The van der Waals surface area contributed by atoms with Crippen molar-refractivity contribution in [3.8, 4) is 0 Å². The van der Waals surface area contributed by atoms with Crippen LogP contribution in [-0.4, -0.2) is 44.8 Å². The maximum Gasteiger partial charge on any atom is 0.0593 e. The van der Waals surface area contributed by atoms with Crippen LogP contribution in [0.1, 0.15) is 43.4 Å². The van der Waals surface area contributed by atoms with Gasteiger partial charge in [0.2, 0.25) is 0 Å². The van der Waals surface area contributed by atoms with Gasteiger partial charge in [0.1, 0.15) is 0 Å². The molecule has 1 saturated heterocycles. The van der Waals surface area contributed by atoms with Crippen LogP contribution in [-0.2, 0) is 4.74 Å². The van der Waals surface area contributed by atoms with Crippen LogP contribution in [0.25, 0.3) is 0 Å². The van der Waals surface area contributed by atoms with Gasteiger partial charge in [0, 0.05) is 32.3 Å². The molecule has 1 aromatic carbocycles. The highest BCUT2D eigenvalue weighted by molar-refractivity contribution is 5.27. The van der Waals surface area contributed by atoms with E-state index in [4.69, 9.17) is 4.74 Å². The Kier molecular flexibility index (Phi) is 6.02. The number of hydrogen-bond donors (Lipinski definition) is 1. The molecule has 0 spiro atoms. The Hall–Kier alpha value is -0.900. The van der Waals surface area contributed by atoms with Gasteiger partial charge in [0.05, 0.1) is 6.61 Å². The van der Waals surface area contributed by atoms with E-state index in [2.05, 4.69) is 55.4 Å². The quantitative estimate of drug-likeness (QED) is 0.895. The van der Waals surface area contributed by atoms with E-state index in [0.29, 0.717) is 12.0 Å². The average Bonchev–Trinajstić information content (AvgIpc) is 2.73. The lowest BCUT2D eigenvalue weighted by Crippen LogP contribution is -2.35. The predicted molar refractivity (Wildman–Crippen MR) is 84.2 cm³/mol. The number of ether oxygens (including phenoxy) is 1. The molecule has 1 aromatic rings. The first-order valence-corrected chi connectivity index (χ1v) is 7.78. The molecule has 112 valence electrons. The zero-order valence-electron chi connectivity index (χ0n) is 13.1. The third-order valence-electron chi connectivity index (χ3n) is 4.11. The molecule has 0 amide bonds. The van der Waals surface area contributed by atoms with Gasteiger partial charge in [0.25, 0.3) is 0 Å². The molecule has 1 heterocycles. The SMILES string of the molecule is CNC(CN1CCCOCC1)c1ccc(C(C)C)cc1. The number of nitrogens with one attached hydrogen (secondary N) is 1. The summed E-state index contributed by atoms with van der Waals surface area (Å²) in [5.74, 6) is 0.597. The zero-order valence-corrected chi connectivity index (χ0v) is 13.1. The summed E-state index contributed by atoms with van der Waals surface area (Å²) in [6, 6.07) is 9.45. The highest BCUT2D eigenvalue weighted by Crippen LogP contribution is 2.19. The van der Waals surface area contributed by atoms with Crippen LogP contribution in [0, 0.1) is 0 Å². The van der Waals surface area contributed by atoms with Crippen molar-refractivity contribution in [2.45, 2.75) is 32.2 Å². The Morgan fingerprint density at radius 2 is 1.80 bits per heavy atom. The lowest BCUT2D eigenvalue weighted by molar-refractivity contribution is 0.139. The summed E-state index contributed by atoms with van der Waals surface area (Å²) in [4.78, 5) is 2.50. The van der Waals surface area contributed by atoms with Crippen LogP contribution in [0.5, 0.6) is 0 Å². The zero-order chi connectivity index (χ0) is 14.4. The van der Waals surface area contributed by atoms with Crippen molar-refractivity contribution >= 4 is 0 Å². The molecule has 1 atom stereocenters. The van der Waals surface area contributed by atoms with Crippen LogP contribution in [0.15, 0.2) is 24.3 Å². The monoisotopic (exact) mass is 276 g/mol. The van der Waals surface area contributed by atoms with Gasteiger partial charge >= 0.3 is 0 Å². The van der Waals surface area contributed by atoms with Gasteiger partial charge in [-0.2, -0.15) is 0 Å². The Balaban J connectivity index is 1.99. The topological polar surface area (TPSA) is 24.5 Å². The highest BCUT2D eigenvalue weighted by Gasteiger charge is 2.16. The van der Waals surface area contributed by atoms with Gasteiger partial charge in [0.15, 0.2) is 0 Å². The highest BCUT2D eigenvalue weighted by atomic mass is 16.5. The first-order chi connectivity index (χ1) is 9.70. The predicted octanol–water partition coefficient (Wildman–Crippen LogP) is 2.79. The van der Waals surface area contributed by atoms with E-state index in [0.717, 1.165) is 39.3 Å². The lowest BCUT2D eigenvalue weighted by Gasteiger charge is -2.26. The fourth-order valence-electron chi connectivity index (χ4n) is 2.72. The molecule has 3 nitrogen and oxygen atoms in total. The molecule has 0 aliphatic carbocycles. The second-order valence-corrected chi connectivity index (χ2v) is 5.93. The van der Waals surface area contributed by atoms with Crippen LogP contribution in [0.2, 0.25) is 0 Å². The fraction of sp³-hybridized carbons (Fsp3) is 0.647. The largest absolute Gasteiger partial charge is 0.380 e. The molecule has 0 radical (unpaired) electrons. The van der Waals surface area contributed by atoms with Crippen molar-refractivity contribution in [2.24, 2.45) is 0 Å². The van der Waals surface area contributed by atoms with E-state index in [-0.39, 0.29) is 0 Å². The number of hydrogen-bond acceptors (Lipinski definition) is 3. The Morgan fingerprint density at radius 3 is 2.45 bits per heavy atom. The molecule has 1 N–H and O–H groups in total. The van der Waals surface area contributed by atoms with E-state index in [1.807, 2.05) is 0 Å². The maximum absolute atomic E-state index is 5.53. The normalized spacial score (nSPS) is 19.0. The van der Waals surface area contributed by atoms with Crippen molar-refractivity contribution in [3.63, 3.8) is 0 Å². The minimum atomic E-state index is 0.398. The van der Waals surface area contributed by atoms with E-state index in [1.54, 1.807) is 0 Å². The molecule has 1 aliphatic heterocycles. The van der Waals surface area contributed by atoms with Gasteiger partial charge in [-0.15, -0.1) is 0 Å². The van der Waals surface area contributed by atoms with Gasteiger partial charge in [-0.1, -0.05) is 38.1 Å². The number of rotatable bonds is 5. The number of benzene rings is 1. The van der Waals surface area contributed by atoms with Gasteiger partial charge < -0.3 is 10.1 Å². The smallest absolute Gasteiger partial charge is 0.0593 e. The molecule has 0 aromatic heterocycles. The van der Waals surface area contributed by atoms with Crippen molar-refractivity contribution < 1.29 is 4.74 Å². The average molecular weight is 276 g/mol. The van der Waals surface area contributed by atoms with Crippen molar-refractivity contribution in [3.05, 3.63) is 35.4 Å². The molecule has 1 aliphatic rings. The maximum atomic E-state index is 5.53. The second kappa shape index (κ2) is 7.77. The molecule has 1 unspecified atom stereocenters. The standard InChI is InChI=1S/C17H28N2O/c1-14(2)15-5-7-16(8-6-15)17(18-3)13-19-9-4-11-20-12-10-19/h5-8,14,17-18H,4,9-13H2,1-3H3. The molecule has 1 fully saturated rings. The fourth-order valence-corrected chi connectivity index (χ4v) is 2.72. The summed E-state index contributed by atoms with van der Waals surface area (Å²) in [5, 5.41) is 3.45. The van der Waals surface area contributed by atoms with Gasteiger partial charge in [-0.25, -0.2) is 0 Å². The van der Waals surface area contributed by atoms with Gasteiger partial charge in [-0.05, 0) is 30.5 Å². The van der Waals surface area contributed by atoms with Gasteiger partial charge in [-0.3, -0.25) is 4.90 Å². The van der Waals surface area contributed by atoms with Crippen LogP contribution < -0.4 is 5.32 Å². The molecular weight excluding hydrogens is 248 g/mol. The third-order valence-corrected chi connectivity index (χ3v) is 4.11. The molecule has 0 bridgehead atoms. The Labute approximate surface area is 123 Å². The first kappa shape index (κ1) is 15.5. The lowest BCUT2D eigenvalue weighted by atomic mass is 9.99. The first-order valence-electron chi connectivity index (χ1n) is 7.78. The van der Waals surface area contributed by atoms with E-state index in [1.165, 1.54) is 11.1 Å². The summed E-state index contributed by atoms with van der Waals surface area (Å²) in [6.07, 6.45) is 1.14. The van der Waals surface area contributed by atoms with Crippen LogP contribution in [0.3, 0.4) is 0 Å². The number of nitrogens with zero attached hydrogens (tertiary/aromatic N) is 1. The summed E-state index contributed by atoms with van der Waals surface area (Å²) in [5.41, 5.74) is 2.79. The van der Waals surface area contributed by atoms with E-state index < -0.39 is 0 Å². The van der Waals surface area contributed by atoms with Crippen molar-refractivity contribution in [1.29, 1.82) is 0 Å². The summed E-state index contributed by atoms with van der Waals surface area (Å²) >= 11 is 0. The van der Waals surface area contributed by atoms with Crippen LogP contribution >= 0.6 is 0 Å². The van der Waals surface area contributed by atoms with Crippen molar-refractivity contribution in [1.82, 2.24) is 10.2 Å². The Bertz CT molecular complexity index is 380. The molecule has 2 rings (SSSR count). The summed E-state index contributed by atoms with van der Waals surface area (Å²) < 4.78 is 5.53. The van der Waals surface area contributed by atoms with Crippen molar-refractivity contribution in [2.75, 3.05) is 39.9 Å². The van der Waals surface area contributed by atoms with E-state index >= 15 is 0 Å². The van der Waals surface area contributed by atoms with Crippen LogP contribution in [0.4, 0.5) is 0 Å².